The van der Waals surface area contributed by atoms with Crippen molar-refractivity contribution < 1.29 is 4.79 Å². The Hall–Kier alpha value is -3.80. The molecule has 0 saturated carbocycles. The highest BCUT2D eigenvalue weighted by atomic mass is 16.2. The summed E-state index contributed by atoms with van der Waals surface area (Å²) in [6.07, 6.45) is 3.39. The van der Waals surface area contributed by atoms with E-state index < -0.39 is 0 Å². The number of amides is 1. The van der Waals surface area contributed by atoms with Gasteiger partial charge in [-0.15, -0.1) is 0 Å². The second kappa shape index (κ2) is 8.69. The first-order valence-electron chi connectivity index (χ1n) is 10.0. The molecule has 0 atom stereocenters. The number of anilines is 2. The first-order valence-corrected chi connectivity index (χ1v) is 10.0. The van der Waals surface area contributed by atoms with Crippen LogP contribution in [-0.2, 0) is 4.79 Å². The molecule has 1 aliphatic heterocycles. The predicted molar refractivity (Wildman–Crippen MR) is 122 cm³/mol. The molecule has 0 fully saturated rings. The number of carbonyl (C=O) groups is 1. The van der Waals surface area contributed by atoms with Crippen molar-refractivity contribution in [1.29, 1.82) is 0 Å². The number of aromatic nitrogens is 1. The summed E-state index contributed by atoms with van der Waals surface area (Å²) < 4.78 is 0. The molecule has 6 nitrogen and oxygen atoms in total. The molecule has 3 aromatic rings. The Kier molecular flexibility index (Phi) is 5.66. The fourth-order valence-electron chi connectivity index (χ4n) is 3.39. The second-order valence-corrected chi connectivity index (χ2v) is 6.79. The first-order chi connectivity index (χ1) is 14.7. The summed E-state index contributed by atoms with van der Waals surface area (Å²) in [6.45, 7) is 6.13. The number of para-hydroxylation sites is 1. The van der Waals surface area contributed by atoms with Gasteiger partial charge in [-0.25, -0.2) is 4.99 Å². The summed E-state index contributed by atoms with van der Waals surface area (Å²) in [7, 11) is 0. The van der Waals surface area contributed by atoms with Gasteiger partial charge in [-0.2, -0.15) is 10.1 Å². The number of aliphatic imine (C=N–C) groups is 1. The van der Waals surface area contributed by atoms with Gasteiger partial charge in [-0.1, -0.05) is 18.2 Å². The fraction of sp³-hybridized carbons (Fsp3) is 0.167. The zero-order valence-corrected chi connectivity index (χ0v) is 17.1. The van der Waals surface area contributed by atoms with Gasteiger partial charge in [0.05, 0.1) is 11.4 Å². The lowest BCUT2D eigenvalue weighted by Crippen LogP contribution is -2.27. The highest BCUT2D eigenvalue weighted by molar-refractivity contribution is 6.74. The molecule has 0 aliphatic carbocycles. The van der Waals surface area contributed by atoms with Crippen LogP contribution < -0.4 is 9.91 Å². The molecule has 0 spiro atoms. The number of pyridine rings is 1. The van der Waals surface area contributed by atoms with E-state index in [-0.39, 0.29) is 5.91 Å². The second-order valence-electron chi connectivity index (χ2n) is 6.79. The highest BCUT2D eigenvalue weighted by Crippen LogP contribution is 2.25. The molecule has 1 amide bonds. The van der Waals surface area contributed by atoms with Crippen LogP contribution >= 0.6 is 0 Å². The number of nitrogens with zero attached hydrogens (tertiary/aromatic N) is 5. The maximum Gasteiger partial charge on any atom is 0.299 e. The lowest BCUT2D eigenvalue weighted by atomic mass is 10.1. The van der Waals surface area contributed by atoms with Crippen LogP contribution in [0.25, 0.3) is 0 Å². The number of hydrogen-bond acceptors (Lipinski definition) is 5. The molecular weight excluding hydrogens is 374 g/mol. The van der Waals surface area contributed by atoms with E-state index in [9.17, 15) is 4.79 Å². The molecule has 1 aromatic heterocycles. The Morgan fingerprint density at radius 3 is 2.30 bits per heavy atom. The van der Waals surface area contributed by atoms with Gasteiger partial charge in [0.25, 0.3) is 5.91 Å². The van der Waals surface area contributed by atoms with Crippen LogP contribution in [0.3, 0.4) is 0 Å². The van der Waals surface area contributed by atoms with Crippen molar-refractivity contribution >= 4 is 34.4 Å². The largest absolute Gasteiger partial charge is 0.372 e. The third-order valence-corrected chi connectivity index (χ3v) is 4.97. The average Bonchev–Trinajstić information content (AvgIpc) is 3.13. The number of hydrazone groups is 1. The van der Waals surface area contributed by atoms with E-state index in [1.165, 1.54) is 5.01 Å². The van der Waals surface area contributed by atoms with Gasteiger partial charge in [-0.05, 0) is 62.4 Å². The van der Waals surface area contributed by atoms with Gasteiger partial charge in [-0.3, -0.25) is 9.78 Å². The van der Waals surface area contributed by atoms with Crippen LogP contribution in [-0.4, -0.2) is 35.4 Å². The van der Waals surface area contributed by atoms with Gasteiger partial charge < -0.3 is 4.90 Å². The summed E-state index contributed by atoms with van der Waals surface area (Å²) in [5, 5.41) is 5.98. The minimum atomic E-state index is -0.257. The predicted octanol–water partition coefficient (Wildman–Crippen LogP) is 4.45. The van der Waals surface area contributed by atoms with Crippen molar-refractivity contribution in [2.75, 3.05) is 23.0 Å². The molecule has 0 N–H and O–H groups in total. The zero-order valence-electron chi connectivity index (χ0n) is 17.1. The van der Waals surface area contributed by atoms with E-state index in [1.54, 1.807) is 12.4 Å². The van der Waals surface area contributed by atoms with Crippen LogP contribution in [0.4, 0.5) is 17.1 Å². The summed E-state index contributed by atoms with van der Waals surface area (Å²) in [4.78, 5) is 24.3. The SMILES string of the molecule is CCN(CC)c1ccc(N=C2C(=O)N(c3ccccc3)N=C2c2cccnc2)cc1. The number of hydrogen-bond donors (Lipinski definition) is 0. The Balaban J connectivity index is 1.73. The molecule has 0 unspecified atom stereocenters. The van der Waals surface area contributed by atoms with E-state index >= 15 is 0 Å². The molecule has 0 radical (unpaired) electrons. The fourth-order valence-corrected chi connectivity index (χ4v) is 3.39. The van der Waals surface area contributed by atoms with Crippen LogP contribution in [0.5, 0.6) is 0 Å². The summed E-state index contributed by atoms with van der Waals surface area (Å²) in [5.41, 5.74) is 4.12. The van der Waals surface area contributed by atoms with Crippen molar-refractivity contribution in [2.45, 2.75) is 13.8 Å². The molecule has 4 rings (SSSR count). The Bertz CT molecular complexity index is 1070. The monoisotopic (exact) mass is 397 g/mol. The van der Waals surface area contributed by atoms with Crippen LogP contribution in [0, 0.1) is 0 Å². The van der Waals surface area contributed by atoms with Crippen molar-refractivity contribution in [3.63, 3.8) is 0 Å². The lowest BCUT2D eigenvalue weighted by Gasteiger charge is -2.20. The van der Waals surface area contributed by atoms with Gasteiger partial charge >= 0.3 is 0 Å². The normalized spacial score (nSPS) is 14.9. The van der Waals surface area contributed by atoms with Crippen molar-refractivity contribution in [3.8, 4) is 0 Å². The molecule has 30 heavy (non-hydrogen) atoms. The van der Waals surface area contributed by atoms with Crippen LogP contribution in [0.1, 0.15) is 19.4 Å². The molecule has 2 heterocycles. The number of carbonyl (C=O) groups excluding carboxylic acids is 1. The molecule has 2 aromatic carbocycles. The summed E-state index contributed by atoms with van der Waals surface area (Å²) >= 11 is 0. The van der Waals surface area contributed by atoms with Crippen LogP contribution in [0.15, 0.2) is 89.2 Å². The highest BCUT2D eigenvalue weighted by Gasteiger charge is 2.33. The smallest absolute Gasteiger partial charge is 0.299 e. The van der Waals surface area contributed by atoms with Gasteiger partial charge in [0.15, 0.2) is 5.71 Å². The quantitative estimate of drug-likeness (QED) is 0.617. The van der Waals surface area contributed by atoms with Gasteiger partial charge in [0, 0.05) is 36.7 Å². The van der Waals surface area contributed by atoms with Crippen molar-refractivity contribution in [2.24, 2.45) is 10.1 Å². The van der Waals surface area contributed by atoms with Gasteiger partial charge in [0.1, 0.15) is 5.71 Å². The van der Waals surface area contributed by atoms with Gasteiger partial charge in [0.2, 0.25) is 0 Å². The molecular formula is C24H23N5O. The Morgan fingerprint density at radius 2 is 1.67 bits per heavy atom. The zero-order chi connectivity index (χ0) is 20.9. The van der Waals surface area contributed by atoms with E-state index in [4.69, 9.17) is 0 Å². The van der Waals surface area contributed by atoms with E-state index in [0.717, 1.165) is 24.3 Å². The van der Waals surface area contributed by atoms with E-state index in [1.807, 2.05) is 66.7 Å². The minimum absolute atomic E-state index is 0.257. The number of benzene rings is 2. The third kappa shape index (κ3) is 3.85. The topological polar surface area (TPSA) is 61.2 Å². The molecule has 0 saturated heterocycles. The third-order valence-electron chi connectivity index (χ3n) is 4.97. The van der Waals surface area contributed by atoms with Crippen molar-refractivity contribution in [3.05, 3.63) is 84.7 Å². The summed E-state index contributed by atoms with van der Waals surface area (Å²) in [6, 6.07) is 21.0. The molecule has 150 valence electrons. The maximum absolute atomic E-state index is 13.2. The summed E-state index contributed by atoms with van der Waals surface area (Å²) in [5.74, 6) is -0.257. The average molecular weight is 397 g/mol. The first kappa shape index (κ1) is 19.5. The standard InChI is InChI=1S/C24H23N5O/c1-3-28(4-2)20-14-12-19(13-15-20)26-23-22(18-9-8-16-25-17-18)27-29(24(23)30)21-10-6-5-7-11-21/h5-17H,3-4H2,1-2H3. The van der Waals surface area contributed by atoms with Crippen LogP contribution in [0.2, 0.25) is 0 Å². The van der Waals surface area contributed by atoms with E-state index in [2.05, 4.69) is 33.8 Å². The van der Waals surface area contributed by atoms with Crippen molar-refractivity contribution in [1.82, 2.24) is 4.98 Å². The number of rotatable bonds is 6. The molecule has 6 heteroatoms. The Morgan fingerprint density at radius 1 is 0.933 bits per heavy atom. The minimum Gasteiger partial charge on any atom is -0.372 e. The molecule has 1 aliphatic rings. The Labute approximate surface area is 176 Å². The van der Waals surface area contributed by atoms with E-state index in [0.29, 0.717) is 22.8 Å². The maximum atomic E-state index is 13.2. The lowest BCUT2D eigenvalue weighted by molar-refractivity contribution is -0.112. The molecule has 0 bridgehead atoms.